The summed E-state index contributed by atoms with van der Waals surface area (Å²) in [5, 5.41) is 0.0734. The van der Waals surface area contributed by atoms with Gasteiger partial charge in [-0.25, -0.2) is 9.38 Å². The summed E-state index contributed by atoms with van der Waals surface area (Å²) in [4.78, 5) is 32.7. The Morgan fingerprint density at radius 2 is 1.49 bits per heavy atom. The number of benzene rings is 1. The highest BCUT2D eigenvalue weighted by molar-refractivity contribution is 6.74. The topological polar surface area (TPSA) is 103 Å². The fourth-order valence-corrected chi connectivity index (χ4v) is 6.64. The first-order valence-corrected chi connectivity index (χ1v) is 21.0. The highest BCUT2D eigenvalue weighted by atomic mass is 28.4. The smallest absolute Gasteiger partial charge is 0.316 e. The van der Waals surface area contributed by atoms with Crippen LogP contribution in [0, 0.1) is 5.82 Å². The molecule has 3 rings (SSSR count). The summed E-state index contributed by atoms with van der Waals surface area (Å²) in [7, 11) is -2.73. The zero-order valence-electron chi connectivity index (χ0n) is 28.1. The van der Waals surface area contributed by atoms with E-state index < -0.39 is 27.9 Å². The van der Waals surface area contributed by atoms with Crippen LogP contribution >= 0.6 is 0 Å². The molecule has 1 aromatic carbocycles. The Hall–Kier alpha value is -2.35. The van der Waals surface area contributed by atoms with Crippen LogP contribution in [0.5, 0.6) is 0 Å². The lowest BCUT2D eigenvalue weighted by Crippen LogP contribution is -2.46. The second-order valence-corrected chi connectivity index (χ2v) is 24.5. The van der Waals surface area contributed by atoms with E-state index in [0.29, 0.717) is 56.0 Å². The molecule has 240 valence electrons. The van der Waals surface area contributed by atoms with E-state index >= 15 is 4.39 Å². The number of carbonyl (C=O) groups is 2. The molecule has 0 unspecified atom stereocenters. The maximum atomic E-state index is 15.6. The molecule has 1 aromatic rings. The third kappa shape index (κ3) is 7.85. The Balaban J connectivity index is 1.91. The second kappa shape index (κ2) is 12.6. The van der Waals surface area contributed by atoms with Gasteiger partial charge in [-0.05, 0) is 72.9 Å². The molecule has 11 heteroatoms. The summed E-state index contributed by atoms with van der Waals surface area (Å²) in [6.45, 7) is 23.4. The molecule has 1 aliphatic heterocycles. The first-order chi connectivity index (χ1) is 19.6. The van der Waals surface area contributed by atoms with Gasteiger partial charge in [0.05, 0.1) is 31.4 Å². The quantitative estimate of drug-likeness (QED) is 0.215. The molecule has 1 amide bonds. The molecule has 1 heterocycles. The molecule has 0 bridgehead atoms. The Labute approximate surface area is 259 Å². The average Bonchev–Trinajstić information content (AvgIpc) is 3.70. The van der Waals surface area contributed by atoms with E-state index in [2.05, 4.69) is 72.7 Å². The Morgan fingerprint density at radius 1 is 0.977 bits per heavy atom. The van der Waals surface area contributed by atoms with Crippen LogP contribution in [0.3, 0.4) is 0 Å². The molecule has 0 radical (unpaired) electrons. The predicted molar refractivity (Wildman–Crippen MR) is 176 cm³/mol. The minimum Gasteiger partial charge on any atom is -0.468 e. The van der Waals surface area contributed by atoms with Crippen molar-refractivity contribution < 1.29 is 27.6 Å². The molecule has 0 aromatic heterocycles. The number of hydrogen-bond donors (Lipinski definition) is 1. The van der Waals surface area contributed by atoms with Crippen molar-refractivity contribution in [2.24, 2.45) is 10.7 Å². The molecule has 2 aliphatic rings. The monoisotopic (exact) mass is 633 g/mol. The summed E-state index contributed by atoms with van der Waals surface area (Å²) in [5.41, 5.74) is 6.78. The predicted octanol–water partition coefficient (Wildman–Crippen LogP) is 6.68. The Bertz CT molecular complexity index is 1260. The summed E-state index contributed by atoms with van der Waals surface area (Å²) >= 11 is 0. The average molecular weight is 634 g/mol. The zero-order valence-corrected chi connectivity index (χ0v) is 30.1. The van der Waals surface area contributed by atoms with Crippen LogP contribution in [0.25, 0.3) is 6.08 Å². The molecular formula is C32H52FN3O5Si2. The molecule has 1 aliphatic carbocycles. The van der Waals surface area contributed by atoms with Crippen LogP contribution in [0.4, 0.5) is 10.1 Å². The molecule has 1 saturated carbocycles. The van der Waals surface area contributed by atoms with Crippen LogP contribution < -0.4 is 5.73 Å². The largest absolute Gasteiger partial charge is 0.468 e. The number of nitrogens with zero attached hydrogens (tertiary/aromatic N) is 2. The number of aliphatic imine (C=N–C) groups is 1. The first kappa shape index (κ1) is 35.1. The maximum Gasteiger partial charge on any atom is 0.316 e. The van der Waals surface area contributed by atoms with Gasteiger partial charge in [-0.2, -0.15) is 0 Å². The number of halogens is 1. The van der Waals surface area contributed by atoms with Gasteiger partial charge in [-0.1, -0.05) is 41.5 Å². The second-order valence-electron chi connectivity index (χ2n) is 14.9. The van der Waals surface area contributed by atoms with Gasteiger partial charge < -0.3 is 24.2 Å². The number of hydrogen-bond acceptors (Lipinski definition) is 7. The lowest BCUT2D eigenvalue weighted by molar-refractivity contribution is -0.143. The number of amides is 1. The summed E-state index contributed by atoms with van der Waals surface area (Å²) in [5.74, 6) is -0.993. The van der Waals surface area contributed by atoms with Gasteiger partial charge in [0.15, 0.2) is 16.6 Å². The van der Waals surface area contributed by atoms with Crippen LogP contribution in [0.2, 0.25) is 36.3 Å². The number of rotatable bonds is 11. The van der Waals surface area contributed by atoms with E-state index in [1.807, 2.05) is 0 Å². The molecule has 2 N–H and O–H groups in total. The summed E-state index contributed by atoms with van der Waals surface area (Å²) in [6.07, 6.45) is 2.79. The van der Waals surface area contributed by atoms with E-state index in [1.54, 1.807) is 17.0 Å². The molecule has 0 atom stereocenters. The minimum atomic E-state index is -2.03. The number of amidine groups is 1. The molecule has 43 heavy (non-hydrogen) atoms. The molecule has 1 fully saturated rings. The van der Waals surface area contributed by atoms with Gasteiger partial charge in [0.2, 0.25) is 5.91 Å². The number of fused-ring (bicyclic) bond motifs is 1. The first-order valence-electron chi connectivity index (χ1n) is 15.2. The van der Waals surface area contributed by atoms with Crippen molar-refractivity contribution in [3.8, 4) is 0 Å². The van der Waals surface area contributed by atoms with Crippen LogP contribution in [0.1, 0.15) is 71.9 Å². The zero-order chi connectivity index (χ0) is 32.6. The van der Waals surface area contributed by atoms with E-state index in [4.69, 9.17) is 19.3 Å². The van der Waals surface area contributed by atoms with Gasteiger partial charge in [-0.15, -0.1) is 0 Å². The molecule has 0 spiro atoms. The van der Waals surface area contributed by atoms with Gasteiger partial charge in [0.1, 0.15) is 11.7 Å². The highest BCUT2D eigenvalue weighted by Crippen LogP contribution is 2.51. The van der Waals surface area contributed by atoms with Crippen molar-refractivity contribution in [2.75, 3.05) is 33.4 Å². The summed E-state index contributed by atoms with van der Waals surface area (Å²) in [6, 6.07) is 3.05. The van der Waals surface area contributed by atoms with Crippen molar-refractivity contribution in [3.63, 3.8) is 0 Å². The van der Waals surface area contributed by atoms with Crippen molar-refractivity contribution >= 4 is 46.1 Å². The van der Waals surface area contributed by atoms with Crippen LogP contribution in [0.15, 0.2) is 22.7 Å². The molecule has 0 saturated heterocycles. The Kier molecular flexibility index (Phi) is 10.3. The van der Waals surface area contributed by atoms with Crippen molar-refractivity contribution in [2.45, 2.75) is 102 Å². The van der Waals surface area contributed by atoms with Crippen LogP contribution in [-0.4, -0.2) is 72.7 Å². The SMILES string of the molecule is COC(=O)C1(c2cc(F)c3c(c2)N=C(N)CC(C(=O)N(CCO[Si](C)(C)C(C)(C)C)CCO[Si](C)(C)C(C)(C)C)=C3)CC1. The van der Waals surface area contributed by atoms with E-state index in [9.17, 15) is 9.59 Å². The van der Waals surface area contributed by atoms with Crippen LogP contribution in [-0.2, 0) is 28.6 Å². The fraction of sp³-hybridized carbons (Fsp3) is 0.656. The van der Waals surface area contributed by atoms with Gasteiger partial charge in [0.25, 0.3) is 0 Å². The normalized spacial score (nSPS) is 16.9. The Morgan fingerprint density at radius 3 is 1.93 bits per heavy atom. The fourth-order valence-electron chi connectivity index (χ4n) is 4.57. The van der Waals surface area contributed by atoms with Crippen molar-refractivity contribution in [1.29, 1.82) is 0 Å². The van der Waals surface area contributed by atoms with E-state index in [0.717, 1.165) is 0 Å². The minimum absolute atomic E-state index is 0.0367. The van der Waals surface area contributed by atoms with Crippen molar-refractivity contribution in [3.05, 3.63) is 34.6 Å². The number of nitrogens with two attached hydrogens (primary N) is 1. The third-order valence-corrected chi connectivity index (χ3v) is 18.8. The standard InChI is InChI=1S/C32H52FN3O5Si2/c1-30(2,3)42(8,9)40-16-14-36(15-17-41-43(10,11)31(4,5)6)28(37)22-18-24-25(33)20-23(21-26(24)35-27(34)19-22)32(12-13-32)29(38)39-7/h18,20-21H,12-17,19H2,1-11H3,(H2,34,35). The maximum absolute atomic E-state index is 15.6. The number of methoxy groups -OCH3 is 1. The highest BCUT2D eigenvalue weighted by Gasteiger charge is 2.53. The van der Waals surface area contributed by atoms with E-state index in [-0.39, 0.29) is 39.8 Å². The van der Waals surface area contributed by atoms with Gasteiger partial charge in [0, 0.05) is 30.6 Å². The van der Waals surface area contributed by atoms with Crippen molar-refractivity contribution in [1.82, 2.24) is 4.90 Å². The molecule has 8 nitrogen and oxygen atoms in total. The van der Waals surface area contributed by atoms with E-state index in [1.165, 1.54) is 13.2 Å². The number of esters is 1. The lowest BCUT2D eigenvalue weighted by Gasteiger charge is -2.38. The van der Waals surface area contributed by atoms with Gasteiger partial charge >= 0.3 is 5.97 Å². The molecular weight excluding hydrogens is 582 g/mol. The number of carbonyl (C=O) groups excluding carboxylic acids is 2. The third-order valence-electron chi connectivity index (χ3n) is 9.76. The van der Waals surface area contributed by atoms with Gasteiger partial charge in [-0.3, -0.25) is 9.59 Å². The summed E-state index contributed by atoms with van der Waals surface area (Å²) < 4.78 is 33.4. The number of ether oxygens (including phenoxy) is 1. The lowest BCUT2D eigenvalue weighted by atomic mass is 9.93.